The quantitative estimate of drug-likeness (QED) is 0.808. The van der Waals surface area contributed by atoms with Gasteiger partial charge in [-0.2, -0.15) is 0 Å². The summed E-state index contributed by atoms with van der Waals surface area (Å²) in [4.78, 5) is 2.84. The van der Waals surface area contributed by atoms with Crippen LogP contribution in [0.25, 0.3) is 0 Å². The van der Waals surface area contributed by atoms with Gasteiger partial charge in [0.2, 0.25) is 0 Å². The summed E-state index contributed by atoms with van der Waals surface area (Å²) in [5.41, 5.74) is 2.76. The molecule has 1 atom stereocenters. The zero-order chi connectivity index (χ0) is 13.7. The van der Waals surface area contributed by atoms with Crippen LogP contribution in [0.1, 0.15) is 40.3 Å². The van der Waals surface area contributed by atoms with Crippen LogP contribution >= 0.6 is 11.3 Å². The van der Waals surface area contributed by atoms with Crippen LogP contribution in [0.2, 0.25) is 0 Å². The Morgan fingerprint density at radius 3 is 2.63 bits per heavy atom. The van der Waals surface area contributed by atoms with Crippen LogP contribution in [0.5, 0.6) is 0 Å². The monoisotopic (exact) mass is 273 g/mol. The molecule has 0 aliphatic carbocycles. The molecule has 0 spiro atoms. The highest BCUT2D eigenvalue weighted by atomic mass is 32.1. The van der Waals surface area contributed by atoms with Crippen molar-refractivity contribution in [3.8, 4) is 0 Å². The predicted octanol–water partition coefficient (Wildman–Crippen LogP) is 4.65. The molecule has 1 aromatic carbocycles. The minimum Gasteiger partial charge on any atom is -0.309 e. The highest BCUT2D eigenvalue weighted by Crippen LogP contribution is 2.26. The van der Waals surface area contributed by atoms with Crippen LogP contribution in [0, 0.1) is 13.8 Å². The standard InChI is InChI=1S/C17H23NS/c1-4-10-18-16(17-9-8-14(3)19-17)12-15-7-5-6-13(2)11-15/h5-9,11,16,18H,4,10,12H2,1-3H3. The molecule has 2 rings (SSSR count). The summed E-state index contributed by atoms with van der Waals surface area (Å²) >= 11 is 1.91. The number of nitrogens with one attached hydrogen (secondary N) is 1. The van der Waals surface area contributed by atoms with E-state index in [1.165, 1.54) is 27.3 Å². The maximum atomic E-state index is 3.68. The van der Waals surface area contributed by atoms with Crippen molar-refractivity contribution in [3.63, 3.8) is 0 Å². The Kier molecular flexibility index (Phi) is 5.17. The van der Waals surface area contributed by atoms with Crippen molar-refractivity contribution >= 4 is 11.3 Å². The molecule has 0 bridgehead atoms. The molecule has 0 saturated heterocycles. The molecule has 2 heteroatoms. The highest BCUT2D eigenvalue weighted by molar-refractivity contribution is 7.12. The van der Waals surface area contributed by atoms with Gasteiger partial charge in [-0.05, 0) is 50.9 Å². The van der Waals surface area contributed by atoms with Crippen molar-refractivity contribution in [2.45, 2.75) is 39.7 Å². The molecule has 0 radical (unpaired) electrons. The van der Waals surface area contributed by atoms with Crippen LogP contribution in [0.3, 0.4) is 0 Å². The lowest BCUT2D eigenvalue weighted by atomic mass is 10.0. The van der Waals surface area contributed by atoms with Gasteiger partial charge >= 0.3 is 0 Å². The summed E-state index contributed by atoms with van der Waals surface area (Å²) in [6, 6.07) is 13.8. The van der Waals surface area contributed by atoms with Crippen molar-refractivity contribution in [2.24, 2.45) is 0 Å². The number of aryl methyl sites for hydroxylation is 2. The van der Waals surface area contributed by atoms with E-state index in [-0.39, 0.29) is 0 Å². The van der Waals surface area contributed by atoms with Gasteiger partial charge in [0.05, 0.1) is 0 Å². The second kappa shape index (κ2) is 6.88. The minimum absolute atomic E-state index is 0.445. The SMILES string of the molecule is CCCNC(Cc1cccc(C)c1)c1ccc(C)s1. The fourth-order valence-corrected chi connectivity index (χ4v) is 3.26. The molecule has 102 valence electrons. The van der Waals surface area contributed by atoms with E-state index < -0.39 is 0 Å². The molecule has 1 nitrogen and oxygen atoms in total. The maximum absolute atomic E-state index is 3.68. The van der Waals surface area contributed by atoms with Gasteiger partial charge in [0, 0.05) is 15.8 Å². The van der Waals surface area contributed by atoms with Gasteiger partial charge in [-0.25, -0.2) is 0 Å². The smallest absolute Gasteiger partial charge is 0.0455 e. The Morgan fingerprint density at radius 2 is 2.00 bits per heavy atom. The number of thiophene rings is 1. The third-order valence-electron chi connectivity index (χ3n) is 3.27. The fourth-order valence-electron chi connectivity index (χ4n) is 2.31. The first-order valence-corrected chi connectivity index (χ1v) is 7.86. The summed E-state index contributed by atoms with van der Waals surface area (Å²) in [6.07, 6.45) is 2.25. The normalized spacial score (nSPS) is 12.6. The molecule has 2 aromatic rings. The molecule has 19 heavy (non-hydrogen) atoms. The Labute approximate surface area is 120 Å². The van der Waals surface area contributed by atoms with Crippen LogP contribution in [-0.4, -0.2) is 6.54 Å². The summed E-state index contributed by atoms with van der Waals surface area (Å²) in [7, 11) is 0. The average molecular weight is 273 g/mol. The second-order valence-corrected chi connectivity index (χ2v) is 6.47. The first-order valence-electron chi connectivity index (χ1n) is 7.04. The van der Waals surface area contributed by atoms with Crippen LogP contribution in [0.4, 0.5) is 0 Å². The van der Waals surface area contributed by atoms with Gasteiger partial charge in [0.1, 0.15) is 0 Å². The Hall–Kier alpha value is -1.12. The zero-order valence-electron chi connectivity index (χ0n) is 12.1. The van der Waals surface area contributed by atoms with Crippen molar-refractivity contribution in [1.29, 1.82) is 0 Å². The Bertz CT molecular complexity index is 515. The fraction of sp³-hybridized carbons (Fsp3) is 0.412. The zero-order valence-corrected chi connectivity index (χ0v) is 12.9. The van der Waals surface area contributed by atoms with Gasteiger partial charge < -0.3 is 5.32 Å². The molecule has 0 aliphatic heterocycles. The first kappa shape index (κ1) is 14.3. The molecule has 1 aromatic heterocycles. The van der Waals surface area contributed by atoms with Gasteiger partial charge in [-0.15, -0.1) is 11.3 Å². The molecule has 0 saturated carbocycles. The molecule has 1 unspecified atom stereocenters. The lowest BCUT2D eigenvalue weighted by Gasteiger charge is -2.17. The van der Waals surface area contributed by atoms with E-state index in [0.717, 1.165) is 13.0 Å². The van der Waals surface area contributed by atoms with E-state index in [9.17, 15) is 0 Å². The summed E-state index contributed by atoms with van der Waals surface area (Å²) < 4.78 is 0. The average Bonchev–Trinajstić information content (AvgIpc) is 2.81. The van der Waals surface area contributed by atoms with Crippen LogP contribution in [0.15, 0.2) is 36.4 Å². The number of hydrogen-bond donors (Lipinski definition) is 1. The van der Waals surface area contributed by atoms with E-state index >= 15 is 0 Å². The Morgan fingerprint density at radius 1 is 1.16 bits per heavy atom. The van der Waals surface area contributed by atoms with Gasteiger partial charge in [0.25, 0.3) is 0 Å². The Balaban J connectivity index is 2.13. The lowest BCUT2D eigenvalue weighted by molar-refractivity contribution is 0.536. The third-order valence-corrected chi connectivity index (χ3v) is 4.38. The number of benzene rings is 1. The van der Waals surface area contributed by atoms with Crippen molar-refractivity contribution in [1.82, 2.24) is 5.32 Å². The minimum atomic E-state index is 0.445. The lowest BCUT2D eigenvalue weighted by Crippen LogP contribution is -2.23. The molecule has 1 N–H and O–H groups in total. The molecule has 1 heterocycles. The summed E-state index contributed by atoms with van der Waals surface area (Å²) in [6.45, 7) is 7.63. The number of rotatable bonds is 6. The predicted molar refractivity (Wildman–Crippen MR) is 85.0 cm³/mol. The second-order valence-electron chi connectivity index (χ2n) is 5.15. The van der Waals surface area contributed by atoms with E-state index in [4.69, 9.17) is 0 Å². The highest BCUT2D eigenvalue weighted by Gasteiger charge is 2.13. The molecular formula is C17H23NS. The number of hydrogen-bond acceptors (Lipinski definition) is 2. The van der Waals surface area contributed by atoms with Crippen molar-refractivity contribution in [2.75, 3.05) is 6.54 Å². The van der Waals surface area contributed by atoms with E-state index in [0.29, 0.717) is 6.04 Å². The van der Waals surface area contributed by atoms with Gasteiger partial charge in [0.15, 0.2) is 0 Å². The van der Waals surface area contributed by atoms with Gasteiger partial charge in [-0.3, -0.25) is 0 Å². The first-order chi connectivity index (χ1) is 9.19. The van der Waals surface area contributed by atoms with Crippen molar-refractivity contribution < 1.29 is 0 Å². The van der Waals surface area contributed by atoms with Crippen molar-refractivity contribution in [3.05, 3.63) is 57.3 Å². The topological polar surface area (TPSA) is 12.0 Å². The van der Waals surface area contributed by atoms with E-state index in [2.05, 4.69) is 62.5 Å². The third kappa shape index (κ3) is 4.19. The molecular weight excluding hydrogens is 250 g/mol. The maximum Gasteiger partial charge on any atom is 0.0455 e. The molecule has 0 amide bonds. The van der Waals surface area contributed by atoms with Crippen LogP contribution < -0.4 is 5.32 Å². The van der Waals surface area contributed by atoms with E-state index in [1.54, 1.807) is 0 Å². The van der Waals surface area contributed by atoms with Crippen LogP contribution in [-0.2, 0) is 6.42 Å². The largest absolute Gasteiger partial charge is 0.309 e. The molecule has 0 aliphatic rings. The summed E-state index contributed by atoms with van der Waals surface area (Å²) in [5.74, 6) is 0. The summed E-state index contributed by atoms with van der Waals surface area (Å²) in [5, 5.41) is 3.68. The van der Waals surface area contributed by atoms with Gasteiger partial charge in [-0.1, -0.05) is 36.8 Å². The van der Waals surface area contributed by atoms with E-state index in [1.807, 2.05) is 11.3 Å². The molecule has 0 fully saturated rings.